The van der Waals surface area contributed by atoms with Crippen LogP contribution in [-0.2, 0) is 25.7 Å². The molecule has 0 bridgehead atoms. The van der Waals surface area contributed by atoms with Gasteiger partial charge in [0.2, 0.25) is 5.91 Å². The van der Waals surface area contributed by atoms with Crippen LogP contribution in [0, 0.1) is 0 Å². The van der Waals surface area contributed by atoms with Crippen LogP contribution in [0.15, 0.2) is 56.1 Å². The second-order valence-corrected chi connectivity index (χ2v) is 8.94. The zero-order valence-corrected chi connectivity index (χ0v) is 21.5. The molecule has 41 heavy (non-hydrogen) atoms. The van der Waals surface area contributed by atoms with Crippen molar-refractivity contribution >= 4 is 29.9 Å². The fourth-order valence-electron chi connectivity index (χ4n) is 3.86. The molecule has 1 saturated heterocycles. The normalized spacial score (nSPS) is 20.9. The number of nitrogens with one attached hydrogen (secondary N) is 3. The first-order valence-electron chi connectivity index (χ1n) is 12.3. The molecule has 0 saturated carbocycles. The molecule has 1 aliphatic rings. The molecule has 17 heteroatoms. The van der Waals surface area contributed by atoms with Crippen LogP contribution < -0.4 is 28.0 Å². The van der Waals surface area contributed by atoms with E-state index in [4.69, 9.17) is 16.2 Å². The zero-order chi connectivity index (χ0) is 30.1. The van der Waals surface area contributed by atoms with Gasteiger partial charge in [-0.25, -0.2) is 19.8 Å². The van der Waals surface area contributed by atoms with Crippen LogP contribution in [0.3, 0.4) is 0 Å². The van der Waals surface area contributed by atoms with Gasteiger partial charge in [0.15, 0.2) is 5.96 Å². The number of aliphatic hydroxyl groups is 2. The smallest absolute Gasteiger partial charge is 0.325 e. The number of aliphatic imine (C=N–C) groups is 2. The van der Waals surface area contributed by atoms with E-state index in [1.807, 2.05) is 11.1 Å². The van der Waals surface area contributed by atoms with E-state index in [2.05, 4.69) is 20.3 Å². The van der Waals surface area contributed by atoms with Crippen molar-refractivity contribution in [2.24, 2.45) is 21.5 Å². The van der Waals surface area contributed by atoms with Crippen LogP contribution in [-0.4, -0.2) is 91.2 Å². The minimum Gasteiger partial charge on any atom is -0.387 e. The van der Waals surface area contributed by atoms with Crippen LogP contribution in [0.2, 0.25) is 0 Å². The van der Waals surface area contributed by atoms with Crippen molar-refractivity contribution < 1.29 is 34.5 Å². The lowest BCUT2D eigenvalue weighted by molar-refractivity contribution is -0.178. The summed E-state index contributed by atoms with van der Waals surface area (Å²) in [5.41, 5.74) is 9.39. The van der Waals surface area contributed by atoms with Crippen molar-refractivity contribution in [1.82, 2.24) is 20.3 Å². The Bertz CT molecular complexity index is 1400. The lowest BCUT2D eigenvalue weighted by Gasteiger charge is -2.23. The molecule has 3 rings (SSSR count). The number of H-pyrrole nitrogens is 2. The highest BCUT2D eigenvalue weighted by atomic mass is 16.5. The van der Waals surface area contributed by atoms with Crippen molar-refractivity contribution in [3.63, 3.8) is 0 Å². The first kappa shape index (κ1) is 30.8. The monoisotopic (exact) mass is 574 g/mol. The summed E-state index contributed by atoms with van der Waals surface area (Å²) in [6.07, 6.45) is -4.85. The Hall–Kier alpha value is -4.71. The van der Waals surface area contributed by atoms with Gasteiger partial charge in [-0.3, -0.25) is 29.4 Å². The van der Waals surface area contributed by atoms with Gasteiger partial charge in [-0.1, -0.05) is 30.3 Å². The third-order valence-corrected chi connectivity index (χ3v) is 6.01. The second kappa shape index (κ2) is 14.1. The summed E-state index contributed by atoms with van der Waals surface area (Å²) in [6.45, 7) is -0.486. The maximum absolute atomic E-state index is 12.9. The summed E-state index contributed by atoms with van der Waals surface area (Å²) >= 11 is 0. The van der Waals surface area contributed by atoms with E-state index in [0.717, 1.165) is 18.0 Å². The molecule has 1 aromatic carbocycles. The molecule has 2 heterocycles. The molecule has 0 unspecified atom stereocenters. The number of hydrogen-bond acceptors (Lipinski definition) is 10. The number of carbonyl (C=O) groups is 3. The number of rotatable bonds is 11. The van der Waals surface area contributed by atoms with Crippen molar-refractivity contribution in [1.29, 1.82) is 0 Å². The van der Waals surface area contributed by atoms with E-state index in [-0.39, 0.29) is 30.0 Å². The van der Waals surface area contributed by atoms with Crippen LogP contribution in [0.5, 0.6) is 0 Å². The SMILES string of the molecule is NC(N)=NCC(=O)N(O)[C@@H](CCC(=O)NCc1ccccc1)C(=O)N=C[C@H]1O[C@@H](c2c[nH]c(=O)[nH]c2=O)[C@H](O)[C@@H]1O. The summed E-state index contributed by atoms with van der Waals surface area (Å²) in [7, 11) is 0. The molecule has 1 fully saturated rings. The number of aliphatic hydroxyl groups excluding tert-OH is 2. The maximum atomic E-state index is 12.9. The van der Waals surface area contributed by atoms with Gasteiger partial charge in [0.1, 0.15) is 37.0 Å². The fourth-order valence-corrected chi connectivity index (χ4v) is 3.86. The van der Waals surface area contributed by atoms with Gasteiger partial charge >= 0.3 is 5.69 Å². The van der Waals surface area contributed by atoms with Crippen molar-refractivity contribution in [2.75, 3.05) is 6.54 Å². The molecule has 1 aliphatic heterocycles. The average molecular weight is 575 g/mol. The van der Waals surface area contributed by atoms with Crippen LogP contribution in [0.25, 0.3) is 0 Å². The Kier molecular flexibility index (Phi) is 10.6. The predicted octanol–water partition coefficient (Wildman–Crippen LogP) is -3.22. The molecule has 17 nitrogen and oxygen atoms in total. The lowest BCUT2D eigenvalue weighted by Crippen LogP contribution is -2.44. The molecule has 5 atom stereocenters. The Balaban J connectivity index is 1.71. The lowest BCUT2D eigenvalue weighted by atomic mass is 10.0. The first-order valence-corrected chi connectivity index (χ1v) is 12.3. The zero-order valence-electron chi connectivity index (χ0n) is 21.5. The largest absolute Gasteiger partial charge is 0.387 e. The second-order valence-electron chi connectivity index (χ2n) is 8.94. The fraction of sp³-hybridized carbons (Fsp3) is 0.375. The van der Waals surface area contributed by atoms with E-state index in [1.165, 1.54) is 0 Å². The number of nitrogens with two attached hydrogens (primary N) is 2. The highest BCUT2D eigenvalue weighted by Crippen LogP contribution is 2.31. The third kappa shape index (κ3) is 8.39. The number of aromatic nitrogens is 2. The van der Waals surface area contributed by atoms with Crippen LogP contribution >= 0.6 is 0 Å². The molecule has 1 aromatic heterocycles. The standard InChI is InChI=1S/C24H30N8O9/c25-23(26)29-11-17(34)32(40)14(6-7-16(33)27-8-12-4-2-1-3-5-12)22(38)28-10-15-18(35)19(36)20(41-15)13-9-30-24(39)31-21(13)37/h1-5,9-10,14-15,18-20,35-36,40H,6-8,11H2,(H,27,33)(H4,25,26,29)(H2,30,31,37,39)/t14-,15+,18+,19+,20-/m0/s1. The van der Waals surface area contributed by atoms with E-state index >= 15 is 0 Å². The maximum Gasteiger partial charge on any atom is 0.325 e. The number of guanidine groups is 1. The molecule has 10 N–H and O–H groups in total. The quantitative estimate of drug-likeness (QED) is 0.0572. The molecular weight excluding hydrogens is 544 g/mol. The summed E-state index contributed by atoms with van der Waals surface area (Å²) in [4.78, 5) is 72.3. The molecule has 220 valence electrons. The Morgan fingerprint density at radius 3 is 2.51 bits per heavy atom. The Morgan fingerprint density at radius 2 is 1.85 bits per heavy atom. The van der Waals surface area contributed by atoms with Gasteiger partial charge in [0, 0.05) is 25.4 Å². The van der Waals surface area contributed by atoms with Crippen LogP contribution in [0.1, 0.15) is 30.1 Å². The first-order chi connectivity index (χ1) is 19.5. The van der Waals surface area contributed by atoms with E-state index in [0.29, 0.717) is 0 Å². The number of aromatic amines is 2. The van der Waals surface area contributed by atoms with Gasteiger partial charge in [0.05, 0.1) is 5.56 Å². The number of ether oxygens (including phenoxy) is 1. The highest BCUT2D eigenvalue weighted by Gasteiger charge is 2.44. The van der Waals surface area contributed by atoms with Crippen molar-refractivity contribution in [2.45, 2.75) is 49.8 Å². The Morgan fingerprint density at radius 1 is 1.15 bits per heavy atom. The average Bonchev–Trinajstić information content (AvgIpc) is 3.22. The van der Waals surface area contributed by atoms with Gasteiger partial charge in [0.25, 0.3) is 17.4 Å². The van der Waals surface area contributed by atoms with E-state index in [9.17, 15) is 39.4 Å². The molecule has 2 aromatic rings. The molecule has 0 radical (unpaired) electrons. The summed E-state index contributed by atoms with van der Waals surface area (Å²) in [6, 6.07) is 7.35. The number of hydrogen-bond donors (Lipinski definition) is 8. The molecular formula is C24H30N8O9. The number of carbonyl (C=O) groups excluding carboxylic acids is 3. The highest BCUT2D eigenvalue weighted by molar-refractivity contribution is 5.93. The molecule has 3 amide bonds. The summed E-state index contributed by atoms with van der Waals surface area (Å²) in [5, 5.41) is 33.9. The van der Waals surface area contributed by atoms with Gasteiger partial charge in [-0.05, 0) is 12.0 Å². The summed E-state index contributed by atoms with van der Waals surface area (Å²) < 4.78 is 5.47. The van der Waals surface area contributed by atoms with E-state index < -0.39 is 71.9 Å². The van der Waals surface area contributed by atoms with Gasteiger partial charge in [-0.2, -0.15) is 0 Å². The minimum absolute atomic E-state index is 0.0556. The van der Waals surface area contributed by atoms with E-state index in [1.54, 1.807) is 24.3 Å². The third-order valence-electron chi connectivity index (χ3n) is 6.01. The number of hydroxylamine groups is 2. The molecule has 0 aliphatic carbocycles. The van der Waals surface area contributed by atoms with Gasteiger partial charge in [-0.15, -0.1) is 0 Å². The van der Waals surface area contributed by atoms with Gasteiger partial charge < -0.3 is 36.7 Å². The minimum atomic E-state index is -1.66. The summed E-state index contributed by atoms with van der Waals surface area (Å²) in [5.74, 6) is -3.08. The topological polar surface area (TPSA) is 279 Å². The number of nitrogens with zero attached hydrogens (tertiary/aromatic N) is 3. The Labute approximate surface area is 231 Å². The number of benzene rings is 1. The van der Waals surface area contributed by atoms with Crippen molar-refractivity contribution in [3.05, 3.63) is 68.5 Å². The molecule has 0 spiro atoms. The number of amides is 3. The van der Waals surface area contributed by atoms with Crippen LogP contribution in [0.4, 0.5) is 0 Å². The van der Waals surface area contributed by atoms with Crippen molar-refractivity contribution in [3.8, 4) is 0 Å². The predicted molar refractivity (Wildman–Crippen MR) is 141 cm³/mol.